The van der Waals surface area contributed by atoms with Crippen molar-refractivity contribution < 1.29 is 15.0 Å². The highest BCUT2D eigenvalue weighted by Gasteiger charge is 2.31. The quantitative estimate of drug-likeness (QED) is 0.344. The fraction of sp³-hybridized carbons (Fsp3) is 0.136. The molecule has 10 heteroatoms. The van der Waals surface area contributed by atoms with E-state index in [2.05, 4.69) is 24.7 Å². The standard InChI is InChI=1S/C22H18ClN5O3S/c1-22(12-29,21(30)31)25-11-14-10-24-18-19(28-32-20(18)26-14)27-16-9-5-8-15(17(16)23)13-6-3-2-4-7-13/h2-11,29H,12H2,1H3,(H,27,28)(H,30,31). The molecule has 0 aliphatic carbocycles. The van der Waals surface area contributed by atoms with Gasteiger partial charge in [-0.3, -0.25) is 4.99 Å². The van der Waals surface area contributed by atoms with E-state index < -0.39 is 18.1 Å². The van der Waals surface area contributed by atoms with E-state index in [0.29, 0.717) is 32.6 Å². The molecule has 2 heterocycles. The molecule has 0 saturated carbocycles. The van der Waals surface area contributed by atoms with Crippen molar-refractivity contribution in [3.63, 3.8) is 0 Å². The molecule has 0 radical (unpaired) electrons. The summed E-state index contributed by atoms with van der Waals surface area (Å²) in [5, 5.41) is 22.3. The number of rotatable bonds is 7. The van der Waals surface area contributed by atoms with Crippen molar-refractivity contribution in [1.82, 2.24) is 14.3 Å². The summed E-state index contributed by atoms with van der Waals surface area (Å²) in [4.78, 5) is 24.6. The second-order valence-corrected chi connectivity index (χ2v) is 8.26. The lowest BCUT2D eigenvalue weighted by Crippen LogP contribution is -2.37. The summed E-state index contributed by atoms with van der Waals surface area (Å²) < 4.78 is 4.40. The molecule has 0 spiro atoms. The smallest absolute Gasteiger partial charge is 0.333 e. The van der Waals surface area contributed by atoms with Crippen LogP contribution < -0.4 is 5.32 Å². The number of hydrogen-bond donors (Lipinski definition) is 3. The Bertz CT molecular complexity index is 1310. The first-order valence-electron chi connectivity index (χ1n) is 9.54. The molecule has 4 aromatic rings. The average molecular weight is 468 g/mol. The summed E-state index contributed by atoms with van der Waals surface area (Å²) in [7, 11) is 0. The van der Waals surface area contributed by atoms with Gasteiger partial charge in [0.15, 0.2) is 16.2 Å². The zero-order valence-electron chi connectivity index (χ0n) is 16.9. The summed E-state index contributed by atoms with van der Waals surface area (Å²) in [6, 6.07) is 15.6. The van der Waals surface area contributed by atoms with Gasteiger partial charge < -0.3 is 15.5 Å². The van der Waals surface area contributed by atoms with Crippen molar-refractivity contribution in [2.45, 2.75) is 12.5 Å². The maximum atomic E-state index is 11.3. The third-order valence-electron chi connectivity index (χ3n) is 4.79. The predicted octanol–water partition coefficient (Wildman–Crippen LogP) is 4.40. The van der Waals surface area contributed by atoms with Gasteiger partial charge in [-0.15, -0.1) is 0 Å². The molecule has 3 N–H and O–H groups in total. The van der Waals surface area contributed by atoms with Gasteiger partial charge in [-0.1, -0.05) is 54.1 Å². The van der Waals surface area contributed by atoms with Crippen LogP contribution in [0.1, 0.15) is 12.6 Å². The molecule has 0 bridgehead atoms. The first-order chi connectivity index (χ1) is 15.4. The van der Waals surface area contributed by atoms with Crippen LogP contribution in [0.15, 0.2) is 59.7 Å². The zero-order chi connectivity index (χ0) is 22.7. The van der Waals surface area contributed by atoms with Crippen molar-refractivity contribution in [3.8, 4) is 11.1 Å². The van der Waals surface area contributed by atoms with Gasteiger partial charge in [-0.05, 0) is 30.1 Å². The highest BCUT2D eigenvalue weighted by molar-refractivity contribution is 7.13. The van der Waals surface area contributed by atoms with Crippen LogP contribution in [0.25, 0.3) is 21.5 Å². The van der Waals surface area contributed by atoms with Gasteiger partial charge in [0.1, 0.15) is 11.2 Å². The summed E-state index contributed by atoms with van der Waals surface area (Å²) >= 11 is 7.79. The van der Waals surface area contributed by atoms with Gasteiger partial charge in [-0.2, -0.15) is 4.37 Å². The first-order valence-corrected chi connectivity index (χ1v) is 10.7. The minimum absolute atomic E-state index is 0.359. The van der Waals surface area contributed by atoms with E-state index in [1.165, 1.54) is 19.3 Å². The van der Waals surface area contributed by atoms with Gasteiger partial charge in [0, 0.05) is 5.56 Å². The minimum atomic E-state index is -1.64. The molecule has 32 heavy (non-hydrogen) atoms. The molecule has 162 valence electrons. The number of carboxylic acid groups (broad SMARTS) is 1. The lowest BCUT2D eigenvalue weighted by atomic mass is 10.1. The Morgan fingerprint density at radius 2 is 2.03 bits per heavy atom. The number of aliphatic hydroxyl groups excluding tert-OH is 1. The fourth-order valence-electron chi connectivity index (χ4n) is 2.86. The molecule has 0 saturated heterocycles. The maximum Gasteiger partial charge on any atom is 0.333 e. The van der Waals surface area contributed by atoms with Crippen molar-refractivity contribution in [2.75, 3.05) is 11.9 Å². The summed E-state index contributed by atoms with van der Waals surface area (Å²) in [5.41, 5.74) is 1.86. The molecule has 1 atom stereocenters. The molecule has 0 fully saturated rings. The second kappa shape index (κ2) is 8.99. The Kier molecular flexibility index (Phi) is 6.13. The minimum Gasteiger partial charge on any atom is -0.479 e. The number of carbonyl (C=O) groups is 1. The van der Waals surface area contributed by atoms with E-state index in [1.54, 1.807) is 0 Å². The highest BCUT2D eigenvalue weighted by atomic mass is 35.5. The molecule has 0 amide bonds. The Balaban J connectivity index is 1.62. The molecule has 2 aromatic carbocycles. The number of aliphatic imine (C=N–C) groups is 1. The number of anilines is 2. The Morgan fingerprint density at radius 3 is 2.75 bits per heavy atom. The van der Waals surface area contributed by atoms with Crippen molar-refractivity contribution in [2.24, 2.45) is 4.99 Å². The SMILES string of the molecule is CC(CO)(N=Cc1cnc2c(Nc3cccc(-c4ccccc4)c3Cl)nsc2n1)C(=O)O. The lowest BCUT2D eigenvalue weighted by Gasteiger charge is -2.15. The van der Waals surface area contributed by atoms with E-state index in [-0.39, 0.29) is 0 Å². The van der Waals surface area contributed by atoms with Crippen LogP contribution in [-0.4, -0.2) is 48.9 Å². The van der Waals surface area contributed by atoms with E-state index in [0.717, 1.165) is 22.7 Å². The largest absolute Gasteiger partial charge is 0.479 e. The number of fused-ring (bicyclic) bond motifs is 1. The summed E-state index contributed by atoms with van der Waals surface area (Å²) in [6.07, 6.45) is 2.75. The number of benzene rings is 2. The van der Waals surface area contributed by atoms with Gasteiger partial charge in [0.05, 0.1) is 29.7 Å². The molecule has 0 aliphatic rings. The average Bonchev–Trinajstić information content (AvgIpc) is 3.21. The zero-order valence-corrected chi connectivity index (χ0v) is 18.4. The summed E-state index contributed by atoms with van der Waals surface area (Å²) in [6.45, 7) is 0.686. The highest BCUT2D eigenvalue weighted by Crippen LogP contribution is 2.36. The summed E-state index contributed by atoms with van der Waals surface area (Å²) in [5.74, 6) is -0.719. The van der Waals surface area contributed by atoms with Crippen LogP contribution in [0.3, 0.4) is 0 Å². The third kappa shape index (κ3) is 4.31. The maximum absolute atomic E-state index is 11.3. The molecule has 0 aliphatic heterocycles. The van der Waals surface area contributed by atoms with Gasteiger partial charge in [-0.25, -0.2) is 14.8 Å². The Labute approximate surface area is 192 Å². The second-order valence-electron chi connectivity index (χ2n) is 7.13. The number of nitrogens with one attached hydrogen (secondary N) is 1. The van der Waals surface area contributed by atoms with Crippen molar-refractivity contribution >= 4 is 57.2 Å². The third-order valence-corrected chi connectivity index (χ3v) is 5.93. The molecular weight excluding hydrogens is 450 g/mol. The van der Waals surface area contributed by atoms with Crippen molar-refractivity contribution in [1.29, 1.82) is 0 Å². The van der Waals surface area contributed by atoms with Crippen LogP contribution in [0, 0.1) is 0 Å². The monoisotopic (exact) mass is 467 g/mol. The molecule has 4 rings (SSSR count). The van der Waals surface area contributed by atoms with E-state index >= 15 is 0 Å². The molecular formula is C22H18ClN5O3S. The fourth-order valence-corrected chi connectivity index (χ4v) is 3.83. The van der Waals surface area contributed by atoms with Crippen LogP contribution >= 0.6 is 23.1 Å². The lowest BCUT2D eigenvalue weighted by molar-refractivity contribution is -0.143. The number of nitrogens with zero attached hydrogens (tertiary/aromatic N) is 4. The first kappa shape index (κ1) is 21.8. The van der Waals surface area contributed by atoms with E-state index in [1.807, 2.05) is 48.5 Å². The van der Waals surface area contributed by atoms with Gasteiger partial charge in [0.25, 0.3) is 0 Å². The molecule has 8 nitrogen and oxygen atoms in total. The van der Waals surface area contributed by atoms with Crippen LogP contribution in [0.4, 0.5) is 11.5 Å². The van der Waals surface area contributed by atoms with Crippen molar-refractivity contribution in [3.05, 3.63) is 65.4 Å². The van der Waals surface area contributed by atoms with E-state index in [9.17, 15) is 15.0 Å². The number of aliphatic carboxylic acids is 1. The van der Waals surface area contributed by atoms with Crippen LogP contribution in [0.2, 0.25) is 5.02 Å². The van der Waals surface area contributed by atoms with Gasteiger partial charge >= 0.3 is 5.97 Å². The molecule has 2 aromatic heterocycles. The van der Waals surface area contributed by atoms with E-state index in [4.69, 9.17) is 11.6 Å². The number of aliphatic hydroxyl groups is 1. The normalized spacial score (nSPS) is 13.3. The topological polar surface area (TPSA) is 121 Å². The number of aromatic nitrogens is 3. The van der Waals surface area contributed by atoms with Crippen LogP contribution in [0.5, 0.6) is 0 Å². The molecule has 1 unspecified atom stereocenters. The number of hydrogen-bond acceptors (Lipinski definition) is 8. The predicted molar refractivity (Wildman–Crippen MR) is 126 cm³/mol. The van der Waals surface area contributed by atoms with Gasteiger partial charge in [0.2, 0.25) is 0 Å². The Morgan fingerprint density at radius 1 is 1.25 bits per heavy atom. The number of carboxylic acids is 1. The Hall–Kier alpha value is -3.40. The van der Waals surface area contributed by atoms with Crippen LogP contribution in [-0.2, 0) is 4.79 Å². The number of halogens is 1.